The van der Waals surface area contributed by atoms with E-state index >= 15 is 0 Å². The smallest absolute Gasteiger partial charge is 0.00576 e. The molecule has 13 heavy (non-hydrogen) atoms. The Morgan fingerprint density at radius 2 is 1.69 bits per heavy atom. The Balaban J connectivity index is 0.000000310. The van der Waals surface area contributed by atoms with Gasteiger partial charge in [0.25, 0.3) is 0 Å². The first kappa shape index (κ1) is 11.8. The Kier molecular flexibility index (Phi) is 6.73. The van der Waals surface area contributed by atoms with Gasteiger partial charge in [0.2, 0.25) is 0 Å². The van der Waals surface area contributed by atoms with E-state index < -0.39 is 0 Å². The summed E-state index contributed by atoms with van der Waals surface area (Å²) in [5.41, 5.74) is 1.41. The molecule has 0 spiro atoms. The summed E-state index contributed by atoms with van der Waals surface area (Å²) >= 11 is 0. The molecule has 0 radical (unpaired) electrons. The van der Waals surface area contributed by atoms with Gasteiger partial charge in [-0.25, -0.2) is 0 Å². The van der Waals surface area contributed by atoms with E-state index in [1.165, 1.54) is 5.56 Å². The van der Waals surface area contributed by atoms with Gasteiger partial charge in [0.1, 0.15) is 0 Å². The zero-order valence-electron chi connectivity index (χ0n) is 8.75. The van der Waals surface area contributed by atoms with E-state index in [0.29, 0.717) is 5.92 Å². The van der Waals surface area contributed by atoms with E-state index in [-0.39, 0.29) is 0 Å². The summed E-state index contributed by atoms with van der Waals surface area (Å²) in [6.07, 6.45) is 5.62. The van der Waals surface area contributed by atoms with Crippen LogP contribution in [0.1, 0.15) is 38.7 Å². The maximum absolute atomic E-state index is 4.78. The van der Waals surface area contributed by atoms with Crippen LogP contribution in [0.4, 0.5) is 0 Å². The van der Waals surface area contributed by atoms with Crippen LogP contribution in [-0.2, 0) is 0 Å². The van der Waals surface area contributed by atoms with Crippen LogP contribution in [0.2, 0.25) is 0 Å². The average molecular weight is 174 g/mol. The number of hydrogen-bond acceptors (Lipinski definition) is 0. The first-order valence-corrected chi connectivity index (χ1v) is 4.70. The summed E-state index contributed by atoms with van der Waals surface area (Å²) in [4.78, 5) is 0. The number of rotatable bonds is 1. The molecular formula is C13H18. The Bertz CT molecular complexity index is 238. The molecule has 1 aromatic rings. The number of terminal acetylenes is 1. The van der Waals surface area contributed by atoms with Crippen LogP contribution in [0.15, 0.2) is 30.3 Å². The van der Waals surface area contributed by atoms with Crippen LogP contribution in [0.3, 0.4) is 0 Å². The fourth-order valence-electron chi connectivity index (χ4n) is 0.838. The third-order valence-electron chi connectivity index (χ3n) is 1.67. The highest BCUT2D eigenvalue weighted by molar-refractivity contribution is 5.17. The third kappa shape index (κ3) is 5.99. The van der Waals surface area contributed by atoms with Gasteiger partial charge in [0.05, 0.1) is 0 Å². The molecule has 0 aliphatic rings. The van der Waals surface area contributed by atoms with Gasteiger partial charge in [-0.3, -0.25) is 0 Å². The van der Waals surface area contributed by atoms with Gasteiger partial charge in [-0.15, -0.1) is 12.3 Å². The summed E-state index contributed by atoms with van der Waals surface area (Å²) in [6.45, 7) is 6.35. The quantitative estimate of drug-likeness (QED) is 0.567. The van der Waals surface area contributed by atoms with Crippen molar-refractivity contribution in [3.8, 4) is 12.3 Å². The Morgan fingerprint density at radius 1 is 1.23 bits per heavy atom. The molecule has 0 aliphatic heterocycles. The van der Waals surface area contributed by atoms with Gasteiger partial charge >= 0.3 is 0 Å². The van der Waals surface area contributed by atoms with Crippen LogP contribution >= 0.6 is 0 Å². The fraction of sp³-hybridized carbons (Fsp3) is 0.385. The minimum Gasteiger partial charge on any atom is -0.120 e. The number of benzene rings is 1. The third-order valence-corrected chi connectivity index (χ3v) is 1.67. The zero-order valence-corrected chi connectivity index (χ0v) is 8.75. The molecule has 0 unspecified atom stereocenters. The molecule has 0 aliphatic carbocycles. The summed E-state index contributed by atoms with van der Waals surface area (Å²) in [5.74, 6) is 3.09. The highest BCUT2D eigenvalue weighted by atomic mass is 14.0. The molecule has 0 N–H and O–H groups in total. The van der Waals surface area contributed by atoms with Crippen molar-refractivity contribution in [1.82, 2.24) is 0 Å². The topological polar surface area (TPSA) is 0 Å². The van der Waals surface area contributed by atoms with Gasteiger partial charge in [0.15, 0.2) is 0 Å². The Morgan fingerprint density at radius 3 is 1.92 bits per heavy atom. The van der Waals surface area contributed by atoms with Crippen molar-refractivity contribution in [3.05, 3.63) is 35.9 Å². The highest BCUT2D eigenvalue weighted by Gasteiger charge is 1.93. The van der Waals surface area contributed by atoms with Gasteiger partial charge in [-0.1, -0.05) is 51.1 Å². The Hall–Kier alpha value is -1.22. The van der Waals surface area contributed by atoms with Gasteiger partial charge in [-0.2, -0.15) is 0 Å². The molecule has 0 atom stereocenters. The second-order valence-corrected chi connectivity index (χ2v) is 3.12. The van der Waals surface area contributed by atoms with Crippen molar-refractivity contribution in [2.75, 3.05) is 0 Å². The van der Waals surface area contributed by atoms with Crippen LogP contribution in [0.5, 0.6) is 0 Å². The molecule has 0 saturated heterocycles. The van der Waals surface area contributed by atoms with E-state index in [4.69, 9.17) is 6.42 Å². The Labute approximate surface area is 82.0 Å². The first-order chi connectivity index (χ1) is 6.22. The van der Waals surface area contributed by atoms with Crippen LogP contribution in [0.25, 0.3) is 0 Å². The molecule has 1 rings (SSSR count). The summed E-state index contributed by atoms with van der Waals surface area (Å²) in [5, 5.41) is 0. The van der Waals surface area contributed by atoms with E-state index in [1.54, 1.807) is 0 Å². The zero-order chi connectivity index (χ0) is 10.1. The fourth-order valence-corrected chi connectivity index (χ4v) is 0.838. The molecule has 0 bridgehead atoms. The van der Waals surface area contributed by atoms with E-state index in [0.717, 1.165) is 6.42 Å². The SMILES string of the molecule is C#CCC.CC(C)c1ccccc1. The normalized spacial score (nSPS) is 8.54. The monoisotopic (exact) mass is 174 g/mol. The molecule has 0 heteroatoms. The van der Waals surface area contributed by atoms with Crippen molar-refractivity contribution in [2.24, 2.45) is 0 Å². The van der Waals surface area contributed by atoms with Gasteiger partial charge in [-0.05, 0) is 11.5 Å². The summed E-state index contributed by atoms with van der Waals surface area (Å²) in [6, 6.07) is 10.5. The van der Waals surface area contributed by atoms with Gasteiger partial charge < -0.3 is 0 Å². The molecule has 0 amide bonds. The lowest BCUT2D eigenvalue weighted by Crippen LogP contribution is -1.83. The predicted octanol–water partition coefficient (Wildman–Crippen LogP) is 3.84. The average Bonchev–Trinajstić information content (AvgIpc) is 2.19. The lowest BCUT2D eigenvalue weighted by molar-refractivity contribution is 0.867. The van der Waals surface area contributed by atoms with Gasteiger partial charge in [0, 0.05) is 6.42 Å². The van der Waals surface area contributed by atoms with Crippen molar-refractivity contribution >= 4 is 0 Å². The van der Waals surface area contributed by atoms with E-state index in [1.807, 2.05) is 13.0 Å². The molecule has 0 aromatic heterocycles. The molecular weight excluding hydrogens is 156 g/mol. The number of hydrogen-bond donors (Lipinski definition) is 0. The van der Waals surface area contributed by atoms with E-state index in [2.05, 4.69) is 44.0 Å². The molecule has 1 aromatic carbocycles. The van der Waals surface area contributed by atoms with Crippen LogP contribution in [0, 0.1) is 12.3 Å². The minimum atomic E-state index is 0.659. The summed E-state index contributed by atoms with van der Waals surface area (Å²) in [7, 11) is 0. The molecule has 0 saturated carbocycles. The molecule has 70 valence electrons. The lowest BCUT2D eigenvalue weighted by atomic mass is 10.0. The molecule has 0 nitrogen and oxygen atoms in total. The lowest BCUT2D eigenvalue weighted by Gasteiger charge is -2.01. The molecule has 0 fully saturated rings. The maximum Gasteiger partial charge on any atom is 0.00576 e. The second kappa shape index (κ2) is 7.43. The van der Waals surface area contributed by atoms with Crippen LogP contribution < -0.4 is 0 Å². The second-order valence-electron chi connectivity index (χ2n) is 3.12. The largest absolute Gasteiger partial charge is 0.120 e. The van der Waals surface area contributed by atoms with Crippen molar-refractivity contribution in [2.45, 2.75) is 33.1 Å². The predicted molar refractivity (Wildman–Crippen MR) is 59.7 cm³/mol. The van der Waals surface area contributed by atoms with Crippen LogP contribution in [-0.4, -0.2) is 0 Å². The minimum absolute atomic E-state index is 0.659. The summed E-state index contributed by atoms with van der Waals surface area (Å²) < 4.78 is 0. The maximum atomic E-state index is 4.78. The highest BCUT2D eigenvalue weighted by Crippen LogP contribution is 2.11. The van der Waals surface area contributed by atoms with Crippen molar-refractivity contribution in [1.29, 1.82) is 0 Å². The van der Waals surface area contributed by atoms with Crippen molar-refractivity contribution < 1.29 is 0 Å². The van der Waals surface area contributed by atoms with Crippen molar-refractivity contribution in [3.63, 3.8) is 0 Å². The first-order valence-electron chi connectivity index (χ1n) is 4.70. The van der Waals surface area contributed by atoms with E-state index in [9.17, 15) is 0 Å². The standard InChI is InChI=1S/C9H12.C4H6/c1-8(2)9-6-4-3-5-7-9;1-3-4-2/h3-8H,1-2H3;1H,4H2,2H3. The molecule has 0 heterocycles.